The fraction of sp³-hybridized carbons (Fsp3) is 0.846. The molecule has 0 aromatic rings. The number of amides is 1. The van der Waals surface area contributed by atoms with Gasteiger partial charge in [0, 0.05) is 0 Å². The number of carboxylic acid groups (broad SMARTS) is 2. The van der Waals surface area contributed by atoms with Crippen LogP contribution in [0.25, 0.3) is 0 Å². The highest BCUT2D eigenvalue weighted by atomic mass is 16.5. The van der Waals surface area contributed by atoms with Crippen LogP contribution in [0.15, 0.2) is 0 Å². The quantitative estimate of drug-likeness (QED) is 0.715. The maximum atomic E-state index is 11.2. The first-order valence-electron chi connectivity index (χ1n) is 6.22. The fourth-order valence-corrected chi connectivity index (χ4v) is 1.73. The van der Waals surface area contributed by atoms with E-state index in [1.807, 2.05) is 46.9 Å². The molecule has 6 nitrogen and oxygen atoms in total. The molecule has 1 amide bonds. The van der Waals surface area contributed by atoms with Crippen LogP contribution in [0.1, 0.15) is 48.0 Å². The van der Waals surface area contributed by atoms with Crippen molar-refractivity contribution >= 4 is 12.1 Å². The highest BCUT2D eigenvalue weighted by Crippen LogP contribution is 2.27. The zero-order valence-corrected chi connectivity index (χ0v) is 12.5. The van der Waals surface area contributed by atoms with Crippen molar-refractivity contribution in [3.63, 3.8) is 0 Å². The van der Waals surface area contributed by atoms with E-state index in [0.29, 0.717) is 6.42 Å². The van der Waals surface area contributed by atoms with E-state index in [0.717, 1.165) is 0 Å². The number of ether oxygens (including phenoxy) is 1. The van der Waals surface area contributed by atoms with Gasteiger partial charge in [0.1, 0.15) is 0 Å². The smallest absolute Gasteiger partial charge is 0.405 e. The molecule has 0 radical (unpaired) electrons. The monoisotopic (exact) mass is 275 g/mol. The molecule has 0 saturated carbocycles. The molecular weight excluding hydrogens is 250 g/mol. The summed E-state index contributed by atoms with van der Waals surface area (Å²) < 4.78 is 5.73. The standard InChI is InChI=1S/C13H25NO5/c1-12(2,3)7-8(19-13(4,5)6)9(10(15)16)14-11(17)18/h8-9,14H,7H2,1-6H3,(H,15,16)(H,17,18)/t8-,9+/m1/s1. The van der Waals surface area contributed by atoms with Crippen LogP contribution in [-0.2, 0) is 9.53 Å². The van der Waals surface area contributed by atoms with Crippen molar-refractivity contribution in [3.05, 3.63) is 0 Å². The Kier molecular flexibility index (Phi) is 5.81. The third-order valence-corrected chi connectivity index (χ3v) is 2.24. The van der Waals surface area contributed by atoms with Crippen molar-refractivity contribution in [2.45, 2.75) is 65.7 Å². The summed E-state index contributed by atoms with van der Waals surface area (Å²) in [6, 6.07) is -1.28. The molecule has 0 aromatic carbocycles. The zero-order valence-electron chi connectivity index (χ0n) is 12.5. The van der Waals surface area contributed by atoms with Gasteiger partial charge in [-0.2, -0.15) is 0 Å². The molecule has 0 aliphatic rings. The van der Waals surface area contributed by atoms with Crippen molar-refractivity contribution in [2.24, 2.45) is 5.41 Å². The normalized spacial score (nSPS) is 15.7. The molecule has 0 fully saturated rings. The summed E-state index contributed by atoms with van der Waals surface area (Å²) in [5.74, 6) is -1.24. The maximum absolute atomic E-state index is 11.2. The second-order valence-electron chi connectivity index (χ2n) is 6.80. The van der Waals surface area contributed by atoms with Gasteiger partial charge in [-0.1, -0.05) is 20.8 Å². The molecule has 0 aliphatic heterocycles. The Morgan fingerprint density at radius 1 is 1.11 bits per heavy atom. The summed E-state index contributed by atoms with van der Waals surface area (Å²) >= 11 is 0. The van der Waals surface area contributed by atoms with Crippen LogP contribution in [0, 0.1) is 5.41 Å². The molecule has 19 heavy (non-hydrogen) atoms. The van der Waals surface area contributed by atoms with Crippen molar-refractivity contribution in [3.8, 4) is 0 Å². The summed E-state index contributed by atoms with van der Waals surface area (Å²) in [7, 11) is 0. The molecule has 0 rings (SSSR count). The van der Waals surface area contributed by atoms with Crippen molar-refractivity contribution in [1.29, 1.82) is 0 Å². The van der Waals surface area contributed by atoms with Gasteiger partial charge in [-0.15, -0.1) is 0 Å². The number of aliphatic carboxylic acids is 1. The molecule has 0 unspecified atom stereocenters. The first-order chi connectivity index (χ1) is 8.32. The topological polar surface area (TPSA) is 95.9 Å². The SMILES string of the molecule is CC(C)(C)C[C@@H](OC(C)(C)C)[C@H](NC(=O)O)C(=O)O. The molecule has 0 aromatic heterocycles. The van der Waals surface area contributed by atoms with Crippen molar-refractivity contribution < 1.29 is 24.5 Å². The van der Waals surface area contributed by atoms with Gasteiger partial charge in [-0.05, 0) is 32.6 Å². The maximum Gasteiger partial charge on any atom is 0.405 e. The summed E-state index contributed by atoms with van der Waals surface area (Å²) in [6.45, 7) is 11.3. The number of hydrogen-bond donors (Lipinski definition) is 3. The number of carbonyl (C=O) groups is 2. The average Bonchev–Trinajstić information content (AvgIpc) is 2.07. The van der Waals surface area contributed by atoms with E-state index in [-0.39, 0.29) is 5.41 Å². The van der Waals surface area contributed by atoms with Crippen LogP contribution < -0.4 is 5.32 Å². The van der Waals surface area contributed by atoms with E-state index in [1.54, 1.807) is 0 Å². The lowest BCUT2D eigenvalue weighted by Gasteiger charge is -2.35. The molecule has 0 saturated heterocycles. The highest BCUT2D eigenvalue weighted by molar-refractivity contribution is 5.79. The first-order valence-corrected chi connectivity index (χ1v) is 6.22. The van der Waals surface area contributed by atoms with Crippen LogP contribution >= 0.6 is 0 Å². The molecule has 3 N–H and O–H groups in total. The lowest BCUT2D eigenvalue weighted by atomic mass is 9.86. The third-order valence-electron chi connectivity index (χ3n) is 2.24. The Bertz CT molecular complexity index is 311. The van der Waals surface area contributed by atoms with E-state index in [2.05, 4.69) is 0 Å². The third kappa shape index (κ3) is 8.42. The van der Waals surface area contributed by atoms with E-state index < -0.39 is 29.8 Å². The number of hydrogen-bond acceptors (Lipinski definition) is 3. The number of nitrogens with one attached hydrogen (secondary N) is 1. The van der Waals surface area contributed by atoms with Crippen molar-refractivity contribution in [1.82, 2.24) is 5.32 Å². The summed E-state index contributed by atoms with van der Waals surface area (Å²) in [5, 5.41) is 19.9. The Labute approximate surface area is 114 Å². The molecular formula is C13H25NO5. The molecule has 6 heteroatoms. The predicted octanol–water partition coefficient (Wildman–Crippen LogP) is 2.33. The van der Waals surface area contributed by atoms with Crippen molar-refractivity contribution in [2.75, 3.05) is 0 Å². The van der Waals surface area contributed by atoms with Crippen LogP contribution in [0.2, 0.25) is 0 Å². The zero-order chi connectivity index (χ0) is 15.4. The van der Waals surface area contributed by atoms with Gasteiger partial charge in [0.25, 0.3) is 0 Å². The Morgan fingerprint density at radius 3 is 1.84 bits per heavy atom. The Hall–Kier alpha value is -1.30. The van der Waals surface area contributed by atoms with E-state index in [9.17, 15) is 14.7 Å². The molecule has 0 aliphatic carbocycles. The average molecular weight is 275 g/mol. The van der Waals surface area contributed by atoms with Gasteiger partial charge in [-0.3, -0.25) is 0 Å². The van der Waals surface area contributed by atoms with Gasteiger partial charge in [0.05, 0.1) is 11.7 Å². The molecule has 0 heterocycles. The second-order valence-corrected chi connectivity index (χ2v) is 6.80. The summed E-state index contributed by atoms with van der Waals surface area (Å²) in [6.07, 6.45) is -1.67. The Morgan fingerprint density at radius 2 is 1.58 bits per heavy atom. The minimum absolute atomic E-state index is 0.177. The highest BCUT2D eigenvalue weighted by Gasteiger charge is 2.36. The minimum Gasteiger partial charge on any atom is -0.480 e. The van der Waals surface area contributed by atoms with Crippen LogP contribution in [0.5, 0.6) is 0 Å². The summed E-state index contributed by atoms with van der Waals surface area (Å²) in [5.41, 5.74) is -0.729. The predicted molar refractivity (Wildman–Crippen MR) is 71.3 cm³/mol. The van der Waals surface area contributed by atoms with Crippen LogP contribution in [0.4, 0.5) is 4.79 Å². The van der Waals surface area contributed by atoms with E-state index in [1.165, 1.54) is 0 Å². The largest absolute Gasteiger partial charge is 0.480 e. The fourth-order valence-electron chi connectivity index (χ4n) is 1.73. The van der Waals surface area contributed by atoms with Gasteiger partial charge in [0.15, 0.2) is 6.04 Å². The minimum atomic E-state index is -1.37. The van der Waals surface area contributed by atoms with Crippen LogP contribution in [0.3, 0.4) is 0 Å². The van der Waals surface area contributed by atoms with Gasteiger partial charge >= 0.3 is 12.1 Å². The molecule has 2 atom stereocenters. The number of carboxylic acids is 1. The lowest BCUT2D eigenvalue weighted by molar-refractivity contribution is -0.150. The van der Waals surface area contributed by atoms with Gasteiger partial charge in [-0.25, -0.2) is 9.59 Å². The van der Waals surface area contributed by atoms with Crippen LogP contribution in [-0.4, -0.2) is 40.0 Å². The Balaban J connectivity index is 5.15. The summed E-state index contributed by atoms with van der Waals surface area (Å²) in [4.78, 5) is 22.0. The molecule has 0 bridgehead atoms. The molecule has 0 spiro atoms. The van der Waals surface area contributed by atoms with E-state index >= 15 is 0 Å². The first kappa shape index (κ1) is 17.7. The molecule has 112 valence electrons. The number of rotatable bonds is 5. The van der Waals surface area contributed by atoms with Gasteiger partial charge in [0.2, 0.25) is 0 Å². The second kappa shape index (κ2) is 6.23. The van der Waals surface area contributed by atoms with E-state index in [4.69, 9.17) is 9.84 Å². The van der Waals surface area contributed by atoms with Gasteiger partial charge < -0.3 is 20.3 Å². The lowest BCUT2D eigenvalue weighted by Crippen LogP contribution is -2.52.